The molecule has 0 bridgehead atoms. The molecule has 2 heteroatoms. The van der Waals surface area contributed by atoms with Gasteiger partial charge in [-0.2, -0.15) is 0 Å². The third-order valence-electron chi connectivity index (χ3n) is 1.81. The predicted molar refractivity (Wildman–Crippen MR) is 51.0 cm³/mol. The minimum Gasteiger partial charge on any atom is -0.396 e. The summed E-state index contributed by atoms with van der Waals surface area (Å²) >= 11 is 0. The zero-order valence-electron chi connectivity index (χ0n) is 8.08. The molecule has 0 heterocycles. The van der Waals surface area contributed by atoms with Gasteiger partial charge in [-0.1, -0.05) is 11.6 Å². The first-order chi connectivity index (χ1) is 5.66. The van der Waals surface area contributed by atoms with Gasteiger partial charge >= 0.3 is 0 Å². The van der Waals surface area contributed by atoms with Gasteiger partial charge in [0.1, 0.15) is 0 Å². The van der Waals surface area contributed by atoms with E-state index >= 15 is 0 Å². The second kappa shape index (κ2) is 7.32. The molecule has 12 heavy (non-hydrogen) atoms. The number of allylic oxidation sites excluding steroid dienone is 2. The maximum absolute atomic E-state index is 8.97. The Balaban J connectivity index is 3.41. The van der Waals surface area contributed by atoms with Crippen LogP contribution in [0.25, 0.3) is 0 Å². The van der Waals surface area contributed by atoms with Crippen LogP contribution in [0.4, 0.5) is 0 Å². The molecule has 1 atom stereocenters. The van der Waals surface area contributed by atoms with E-state index in [1.807, 2.05) is 0 Å². The maximum atomic E-state index is 8.97. The van der Waals surface area contributed by atoms with Gasteiger partial charge in [-0.15, -0.1) is 0 Å². The van der Waals surface area contributed by atoms with Gasteiger partial charge in [-0.3, -0.25) is 0 Å². The average molecular weight is 172 g/mol. The Morgan fingerprint density at radius 2 is 2.17 bits per heavy atom. The van der Waals surface area contributed by atoms with E-state index in [-0.39, 0.29) is 12.7 Å². The molecule has 0 aliphatic heterocycles. The summed E-state index contributed by atoms with van der Waals surface area (Å²) in [5, 5.41) is 17.5. The zero-order valence-corrected chi connectivity index (χ0v) is 8.08. The van der Waals surface area contributed by atoms with Crippen molar-refractivity contribution >= 4 is 0 Å². The Morgan fingerprint density at radius 3 is 2.67 bits per heavy atom. The summed E-state index contributed by atoms with van der Waals surface area (Å²) in [5.74, 6) is 0. The monoisotopic (exact) mass is 172 g/mol. The van der Waals surface area contributed by atoms with E-state index in [0.717, 1.165) is 25.7 Å². The molecule has 0 aliphatic rings. The van der Waals surface area contributed by atoms with Crippen LogP contribution in [-0.4, -0.2) is 22.9 Å². The number of hydrogen-bond acceptors (Lipinski definition) is 2. The molecular formula is C10H20O2. The highest BCUT2D eigenvalue weighted by Crippen LogP contribution is 2.06. The first kappa shape index (κ1) is 11.7. The van der Waals surface area contributed by atoms with Crippen LogP contribution in [0.15, 0.2) is 11.6 Å². The molecule has 0 saturated heterocycles. The Hall–Kier alpha value is -0.340. The molecule has 2 N–H and O–H groups in total. The topological polar surface area (TPSA) is 40.5 Å². The van der Waals surface area contributed by atoms with Crippen LogP contribution >= 0.6 is 0 Å². The molecule has 72 valence electrons. The third kappa shape index (κ3) is 7.76. The lowest BCUT2D eigenvalue weighted by atomic mass is 10.1. The van der Waals surface area contributed by atoms with Crippen LogP contribution in [0, 0.1) is 0 Å². The normalized spacial score (nSPS) is 14.8. The van der Waals surface area contributed by atoms with Gasteiger partial charge in [0.05, 0.1) is 6.10 Å². The summed E-state index contributed by atoms with van der Waals surface area (Å²) in [4.78, 5) is 0. The summed E-state index contributed by atoms with van der Waals surface area (Å²) < 4.78 is 0. The molecule has 0 aromatic heterocycles. The van der Waals surface area contributed by atoms with Crippen molar-refractivity contribution in [3.63, 3.8) is 0 Å². The number of hydrogen-bond donors (Lipinski definition) is 2. The van der Waals surface area contributed by atoms with Gasteiger partial charge in [0.2, 0.25) is 0 Å². The fourth-order valence-corrected chi connectivity index (χ4v) is 1.03. The van der Waals surface area contributed by atoms with Crippen LogP contribution in [-0.2, 0) is 0 Å². The number of aliphatic hydroxyl groups is 2. The zero-order chi connectivity index (χ0) is 9.40. The van der Waals surface area contributed by atoms with Crippen LogP contribution in [0.5, 0.6) is 0 Å². The molecular weight excluding hydrogens is 152 g/mol. The first-order valence-corrected chi connectivity index (χ1v) is 4.61. The smallest absolute Gasteiger partial charge is 0.0515 e. The molecule has 0 fully saturated rings. The fourth-order valence-electron chi connectivity index (χ4n) is 1.03. The lowest BCUT2D eigenvalue weighted by molar-refractivity contribution is 0.186. The molecule has 0 rings (SSSR count). The summed E-state index contributed by atoms with van der Waals surface area (Å²) in [6.07, 6.45) is 5.52. The Kier molecular flexibility index (Phi) is 7.11. The lowest BCUT2D eigenvalue weighted by Crippen LogP contribution is -1.97. The number of rotatable bonds is 6. The summed E-state index contributed by atoms with van der Waals surface area (Å²) in [7, 11) is 0. The highest BCUT2D eigenvalue weighted by atomic mass is 16.3. The number of aliphatic hydroxyl groups excluding tert-OH is 2. The summed E-state index contributed by atoms with van der Waals surface area (Å²) in [6.45, 7) is 4.14. The van der Waals surface area contributed by atoms with Crippen molar-refractivity contribution < 1.29 is 10.2 Å². The van der Waals surface area contributed by atoms with Gasteiger partial charge in [-0.05, 0) is 39.5 Å². The quantitative estimate of drug-likeness (QED) is 0.600. The van der Waals surface area contributed by atoms with Crippen molar-refractivity contribution in [1.29, 1.82) is 0 Å². The fraction of sp³-hybridized carbons (Fsp3) is 0.800. The van der Waals surface area contributed by atoms with Gasteiger partial charge < -0.3 is 10.2 Å². The van der Waals surface area contributed by atoms with Crippen molar-refractivity contribution in [3.05, 3.63) is 11.6 Å². The van der Waals surface area contributed by atoms with Gasteiger partial charge in [0.25, 0.3) is 0 Å². The predicted octanol–water partition coefficient (Wildman–Crippen LogP) is 1.87. The molecule has 0 amide bonds. The molecule has 2 nitrogen and oxygen atoms in total. The molecule has 1 unspecified atom stereocenters. The Morgan fingerprint density at radius 1 is 1.50 bits per heavy atom. The van der Waals surface area contributed by atoms with Crippen LogP contribution < -0.4 is 0 Å². The molecule has 0 aromatic rings. The minimum atomic E-state index is -0.202. The highest BCUT2D eigenvalue weighted by Gasteiger charge is 1.93. The Labute approximate surface area is 74.9 Å². The van der Waals surface area contributed by atoms with Crippen LogP contribution in [0.1, 0.15) is 39.5 Å². The van der Waals surface area contributed by atoms with Crippen LogP contribution in [0.3, 0.4) is 0 Å². The molecule has 0 saturated carbocycles. The van der Waals surface area contributed by atoms with Crippen molar-refractivity contribution in [1.82, 2.24) is 0 Å². The molecule has 0 aliphatic carbocycles. The van der Waals surface area contributed by atoms with Gasteiger partial charge in [0.15, 0.2) is 0 Å². The van der Waals surface area contributed by atoms with Crippen molar-refractivity contribution in [2.45, 2.75) is 45.6 Å². The maximum Gasteiger partial charge on any atom is 0.0515 e. The molecule has 0 radical (unpaired) electrons. The van der Waals surface area contributed by atoms with E-state index in [0.29, 0.717) is 0 Å². The second-order valence-electron chi connectivity index (χ2n) is 3.30. The molecule has 0 aromatic carbocycles. The summed E-state index contributed by atoms with van der Waals surface area (Å²) in [6, 6.07) is 0. The summed E-state index contributed by atoms with van der Waals surface area (Å²) in [5.41, 5.74) is 1.31. The van der Waals surface area contributed by atoms with Crippen molar-refractivity contribution in [3.8, 4) is 0 Å². The van der Waals surface area contributed by atoms with Crippen LogP contribution in [0.2, 0.25) is 0 Å². The minimum absolute atomic E-state index is 0.202. The highest BCUT2D eigenvalue weighted by molar-refractivity contribution is 4.97. The van der Waals surface area contributed by atoms with Gasteiger partial charge in [-0.25, -0.2) is 0 Å². The average Bonchev–Trinajstić information content (AvgIpc) is 2.00. The Bertz CT molecular complexity index is 128. The van der Waals surface area contributed by atoms with Crippen molar-refractivity contribution in [2.75, 3.05) is 6.61 Å². The molecule has 0 spiro atoms. The van der Waals surface area contributed by atoms with E-state index < -0.39 is 0 Å². The first-order valence-electron chi connectivity index (χ1n) is 4.61. The van der Waals surface area contributed by atoms with Gasteiger partial charge in [0, 0.05) is 6.61 Å². The standard InChI is InChI=1S/C10H20O2/c1-9(6-4-8-11)5-3-7-10(2)12/h5,10-12H,3-4,6-8H2,1-2H3/b9-5-. The third-order valence-corrected chi connectivity index (χ3v) is 1.81. The van der Waals surface area contributed by atoms with E-state index in [9.17, 15) is 0 Å². The van der Waals surface area contributed by atoms with E-state index in [2.05, 4.69) is 13.0 Å². The van der Waals surface area contributed by atoms with E-state index in [1.54, 1.807) is 6.92 Å². The SMILES string of the molecule is C/C(=C/CCC(C)O)CCCO. The van der Waals surface area contributed by atoms with E-state index in [1.165, 1.54) is 5.57 Å². The van der Waals surface area contributed by atoms with E-state index in [4.69, 9.17) is 10.2 Å². The largest absolute Gasteiger partial charge is 0.396 e. The lowest BCUT2D eigenvalue weighted by Gasteiger charge is -2.01. The van der Waals surface area contributed by atoms with Crippen molar-refractivity contribution in [2.24, 2.45) is 0 Å². The second-order valence-corrected chi connectivity index (χ2v) is 3.30.